The molecule has 0 fully saturated rings. The van der Waals surface area contributed by atoms with Crippen LogP contribution in [-0.2, 0) is 4.79 Å². The van der Waals surface area contributed by atoms with Crippen molar-refractivity contribution in [2.45, 2.75) is 60.4 Å². The largest absolute Gasteiger partial charge is 0.496 e. The third-order valence-electron chi connectivity index (χ3n) is 5.21. The number of nitrogens with one attached hydrogen (secondary N) is 1. The Kier molecular flexibility index (Phi) is 7.11. The van der Waals surface area contributed by atoms with Gasteiger partial charge in [-0.3, -0.25) is 4.79 Å². The molecule has 0 unspecified atom stereocenters. The highest BCUT2D eigenvalue weighted by molar-refractivity contribution is 5.78. The number of carbonyl (C=O) groups is 1. The summed E-state index contributed by atoms with van der Waals surface area (Å²) in [5, 5.41) is 3.05. The average molecular weight is 384 g/mol. The first-order chi connectivity index (χ1) is 13.1. The summed E-state index contributed by atoms with van der Waals surface area (Å²) in [6.45, 7) is 14.4. The number of methoxy groups -OCH3 is 1. The van der Waals surface area contributed by atoms with E-state index in [4.69, 9.17) is 9.47 Å². The van der Waals surface area contributed by atoms with Gasteiger partial charge in [0.25, 0.3) is 5.91 Å². The Balaban J connectivity index is 2.09. The zero-order valence-electron chi connectivity index (χ0n) is 18.4. The molecule has 1 atom stereocenters. The van der Waals surface area contributed by atoms with E-state index < -0.39 is 0 Å². The number of hydrogen-bond acceptors (Lipinski definition) is 3. The number of amides is 1. The number of carbonyl (C=O) groups excluding carboxylic acids is 1. The van der Waals surface area contributed by atoms with Crippen molar-refractivity contribution in [1.29, 1.82) is 0 Å². The van der Waals surface area contributed by atoms with Gasteiger partial charge in [0.1, 0.15) is 11.5 Å². The highest BCUT2D eigenvalue weighted by Crippen LogP contribution is 2.32. The number of hydrogen-bond donors (Lipinski definition) is 1. The first kappa shape index (κ1) is 21.8. The Labute approximate surface area is 169 Å². The quantitative estimate of drug-likeness (QED) is 0.705. The van der Waals surface area contributed by atoms with E-state index in [0.29, 0.717) is 5.92 Å². The van der Waals surface area contributed by atoms with Gasteiger partial charge in [0.05, 0.1) is 13.2 Å². The Hall–Kier alpha value is -2.49. The molecule has 0 aliphatic heterocycles. The zero-order valence-corrected chi connectivity index (χ0v) is 18.4. The van der Waals surface area contributed by atoms with Crippen LogP contribution in [0, 0.1) is 27.7 Å². The lowest BCUT2D eigenvalue weighted by atomic mass is 9.93. The molecule has 28 heavy (non-hydrogen) atoms. The summed E-state index contributed by atoms with van der Waals surface area (Å²) in [5.41, 5.74) is 6.70. The third-order valence-corrected chi connectivity index (χ3v) is 5.21. The molecule has 0 radical (unpaired) electrons. The highest BCUT2D eigenvalue weighted by Gasteiger charge is 2.17. The Morgan fingerprint density at radius 2 is 1.61 bits per heavy atom. The van der Waals surface area contributed by atoms with Crippen molar-refractivity contribution >= 4 is 5.91 Å². The minimum absolute atomic E-state index is 0.000311. The smallest absolute Gasteiger partial charge is 0.258 e. The van der Waals surface area contributed by atoms with Crippen LogP contribution in [-0.4, -0.2) is 19.6 Å². The van der Waals surface area contributed by atoms with Crippen LogP contribution in [0.25, 0.3) is 0 Å². The van der Waals surface area contributed by atoms with E-state index in [1.54, 1.807) is 7.11 Å². The molecule has 0 aliphatic carbocycles. The second-order valence-electron chi connectivity index (χ2n) is 7.89. The molecule has 152 valence electrons. The fraction of sp³-hybridized carbons (Fsp3) is 0.458. The average Bonchev–Trinajstić information content (AvgIpc) is 2.62. The van der Waals surface area contributed by atoms with E-state index in [1.165, 1.54) is 5.56 Å². The van der Waals surface area contributed by atoms with Gasteiger partial charge in [0.2, 0.25) is 0 Å². The molecule has 2 aromatic rings. The molecule has 4 heteroatoms. The summed E-state index contributed by atoms with van der Waals surface area (Å²) in [6.07, 6.45) is 0. The molecular weight excluding hydrogens is 350 g/mol. The Morgan fingerprint density at radius 1 is 0.929 bits per heavy atom. The van der Waals surface area contributed by atoms with E-state index in [9.17, 15) is 4.79 Å². The molecule has 0 heterocycles. The topological polar surface area (TPSA) is 47.6 Å². The summed E-state index contributed by atoms with van der Waals surface area (Å²) in [5.74, 6) is 1.87. The van der Waals surface area contributed by atoms with Gasteiger partial charge < -0.3 is 14.8 Å². The van der Waals surface area contributed by atoms with Gasteiger partial charge in [-0.25, -0.2) is 0 Å². The maximum absolute atomic E-state index is 12.5. The van der Waals surface area contributed by atoms with Crippen LogP contribution < -0.4 is 14.8 Å². The zero-order chi connectivity index (χ0) is 21.0. The van der Waals surface area contributed by atoms with Crippen LogP contribution >= 0.6 is 0 Å². The molecule has 0 saturated carbocycles. The fourth-order valence-electron chi connectivity index (χ4n) is 3.47. The number of ether oxygens (including phenoxy) is 2. The second-order valence-corrected chi connectivity index (χ2v) is 7.89. The molecule has 1 N–H and O–H groups in total. The number of rotatable bonds is 7. The van der Waals surface area contributed by atoms with Gasteiger partial charge in [-0.2, -0.15) is 0 Å². The molecule has 2 aromatic carbocycles. The lowest BCUT2D eigenvalue weighted by molar-refractivity contribution is -0.123. The van der Waals surface area contributed by atoms with Gasteiger partial charge in [-0.1, -0.05) is 19.9 Å². The maximum atomic E-state index is 12.5. The van der Waals surface area contributed by atoms with Crippen molar-refractivity contribution in [2.24, 2.45) is 0 Å². The number of benzene rings is 2. The molecule has 0 spiro atoms. The highest BCUT2D eigenvalue weighted by atomic mass is 16.5. The first-order valence-corrected chi connectivity index (χ1v) is 9.82. The van der Waals surface area contributed by atoms with Crippen LogP contribution in [0.1, 0.15) is 66.1 Å². The van der Waals surface area contributed by atoms with E-state index >= 15 is 0 Å². The van der Waals surface area contributed by atoms with Crippen molar-refractivity contribution in [2.75, 3.05) is 13.7 Å². The van der Waals surface area contributed by atoms with Gasteiger partial charge in [0.15, 0.2) is 6.61 Å². The monoisotopic (exact) mass is 383 g/mol. The number of aryl methyl sites for hydroxylation is 3. The summed E-state index contributed by atoms with van der Waals surface area (Å²) >= 11 is 0. The van der Waals surface area contributed by atoms with E-state index in [0.717, 1.165) is 39.3 Å². The van der Waals surface area contributed by atoms with Crippen molar-refractivity contribution in [3.8, 4) is 11.5 Å². The lowest BCUT2D eigenvalue weighted by Gasteiger charge is -2.21. The molecule has 0 saturated heterocycles. The van der Waals surface area contributed by atoms with Crippen molar-refractivity contribution < 1.29 is 14.3 Å². The molecule has 1 amide bonds. The second kappa shape index (κ2) is 9.13. The minimum Gasteiger partial charge on any atom is -0.496 e. The first-order valence-electron chi connectivity index (χ1n) is 9.82. The fourth-order valence-corrected chi connectivity index (χ4v) is 3.47. The molecule has 0 aliphatic rings. The molecule has 0 bridgehead atoms. The SMILES string of the molecule is COc1cc(C)c([C@@H](C)NC(=O)COc2cc(C)cc(C)c2C)cc1C(C)C. The normalized spacial score (nSPS) is 12.0. The van der Waals surface area contributed by atoms with Gasteiger partial charge in [0, 0.05) is 0 Å². The minimum atomic E-state index is -0.132. The van der Waals surface area contributed by atoms with Crippen LogP contribution in [0.2, 0.25) is 0 Å². The Morgan fingerprint density at radius 3 is 2.21 bits per heavy atom. The summed E-state index contributed by atoms with van der Waals surface area (Å²) in [4.78, 5) is 12.5. The van der Waals surface area contributed by atoms with Crippen LogP contribution in [0.5, 0.6) is 11.5 Å². The van der Waals surface area contributed by atoms with Crippen molar-refractivity contribution in [3.63, 3.8) is 0 Å². The molecule has 4 nitrogen and oxygen atoms in total. The third kappa shape index (κ3) is 5.06. The lowest BCUT2D eigenvalue weighted by Crippen LogP contribution is -2.31. The van der Waals surface area contributed by atoms with Crippen LogP contribution in [0.15, 0.2) is 24.3 Å². The predicted octanol–water partition coefficient (Wildman–Crippen LogP) is 5.31. The predicted molar refractivity (Wildman–Crippen MR) is 115 cm³/mol. The van der Waals surface area contributed by atoms with Crippen LogP contribution in [0.3, 0.4) is 0 Å². The Bertz CT molecular complexity index is 855. The summed E-state index contributed by atoms with van der Waals surface area (Å²) in [6, 6.07) is 8.16. The van der Waals surface area contributed by atoms with Crippen molar-refractivity contribution in [1.82, 2.24) is 5.32 Å². The van der Waals surface area contributed by atoms with Crippen molar-refractivity contribution in [3.05, 3.63) is 57.6 Å². The van der Waals surface area contributed by atoms with E-state index in [-0.39, 0.29) is 18.6 Å². The molecule has 2 rings (SSSR count). The van der Waals surface area contributed by atoms with E-state index in [2.05, 4.69) is 38.2 Å². The molecule has 0 aromatic heterocycles. The van der Waals surface area contributed by atoms with Gasteiger partial charge in [-0.05, 0) is 92.1 Å². The molecular formula is C24H33NO3. The van der Waals surface area contributed by atoms with E-state index in [1.807, 2.05) is 39.8 Å². The van der Waals surface area contributed by atoms with Gasteiger partial charge >= 0.3 is 0 Å². The summed E-state index contributed by atoms with van der Waals surface area (Å²) < 4.78 is 11.3. The standard InChI is InChI=1S/C24H33NO3/c1-14(2)20-12-21(17(5)11-23(20)27-8)19(7)25-24(26)13-28-22-10-15(3)9-16(4)18(22)6/h9-12,14,19H,13H2,1-8H3,(H,25,26)/t19-/m1/s1. The van der Waals surface area contributed by atoms with Gasteiger partial charge in [-0.15, -0.1) is 0 Å². The summed E-state index contributed by atoms with van der Waals surface area (Å²) in [7, 11) is 1.69. The maximum Gasteiger partial charge on any atom is 0.258 e. The van der Waals surface area contributed by atoms with Crippen LogP contribution in [0.4, 0.5) is 0 Å².